The normalized spacial score (nSPS) is 31.8. The second-order valence-corrected chi connectivity index (χ2v) is 3.88. The van der Waals surface area contributed by atoms with E-state index < -0.39 is 0 Å². The molecule has 0 saturated carbocycles. The van der Waals surface area contributed by atoms with Crippen LogP contribution in [0.1, 0.15) is 19.3 Å². The molecule has 2 aliphatic rings. The van der Waals surface area contributed by atoms with Crippen LogP contribution in [0.4, 0.5) is 0 Å². The van der Waals surface area contributed by atoms with Gasteiger partial charge in [-0.3, -0.25) is 0 Å². The van der Waals surface area contributed by atoms with Gasteiger partial charge in [-0.1, -0.05) is 17.8 Å². The highest BCUT2D eigenvalue weighted by Crippen LogP contribution is 2.55. The highest BCUT2D eigenvalue weighted by atomic mass is 32.2. The van der Waals surface area contributed by atoms with Crippen LogP contribution in [-0.2, 0) is 0 Å². The van der Waals surface area contributed by atoms with Gasteiger partial charge in [-0.2, -0.15) is 0 Å². The zero-order valence-corrected chi connectivity index (χ0v) is 6.21. The first-order valence-electron chi connectivity index (χ1n) is 3.42. The molecular weight excluding hydrogens is 128 g/mol. The van der Waals surface area contributed by atoms with E-state index in [1.165, 1.54) is 19.3 Å². The van der Waals surface area contributed by atoms with E-state index in [-0.39, 0.29) is 0 Å². The molecule has 0 aromatic carbocycles. The average molecular weight is 138 g/mol. The number of hydrogen-bond donors (Lipinski definition) is 0. The summed E-state index contributed by atoms with van der Waals surface area (Å²) < 4.78 is 0. The maximum Gasteiger partial charge on any atom is -0.0000969 e. The molecule has 0 N–H and O–H groups in total. The lowest BCUT2D eigenvalue weighted by atomic mass is 9.95. The molecule has 1 heterocycles. The quantitative estimate of drug-likeness (QED) is 0.502. The standard InChI is InChI=1S/C8H10S/c1-2-6-3-4-7-8(5-6)9-7/h2,6H,1,3-5H2. The molecule has 1 heteroatoms. The van der Waals surface area contributed by atoms with Crippen molar-refractivity contribution < 1.29 is 0 Å². The summed E-state index contributed by atoms with van der Waals surface area (Å²) in [5.41, 5.74) is 0. The van der Waals surface area contributed by atoms with Crippen LogP contribution in [0, 0.1) is 5.92 Å². The number of allylic oxidation sites excluding steroid dienone is 3. The summed E-state index contributed by atoms with van der Waals surface area (Å²) in [4.78, 5) is 3.33. The fourth-order valence-electron chi connectivity index (χ4n) is 1.33. The summed E-state index contributed by atoms with van der Waals surface area (Å²) >= 11 is 2.00. The Kier molecular flexibility index (Phi) is 1.19. The molecule has 1 unspecified atom stereocenters. The maximum absolute atomic E-state index is 3.81. The van der Waals surface area contributed by atoms with E-state index in [2.05, 4.69) is 12.7 Å². The van der Waals surface area contributed by atoms with Gasteiger partial charge in [0, 0.05) is 0 Å². The van der Waals surface area contributed by atoms with Gasteiger partial charge in [0.2, 0.25) is 0 Å². The largest absolute Gasteiger partial charge is 0.103 e. The maximum atomic E-state index is 3.81. The van der Waals surface area contributed by atoms with Crippen molar-refractivity contribution in [2.24, 2.45) is 5.92 Å². The first-order valence-corrected chi connectivity index (χ1v) is 4.24. The zero-order valence-electron chi connectivity index (χ0n) is 5.39. The summed E-state index contributed by atoms with van der Waals surface area (Å²) in [5.74, 6) is 0.791. The van der Waals surface area contributed by atoms with Gasteiger partial charge in [-0.05, 0) is 35.0 Å². The van der Waals surface area contributed by atoms with Crippen LogP contribution >= 0.6 is 11.8 Å². The monoisotopic (exact) mass is 138 g/mol. The highest BCUT2D eigenvalue weighted by molar-refractivity contribution is 8.13. The molecule has 0 spiro atoms. The van der Waals surface area contributed by atoms with Crippen molar-refractivity contribution >= 4 is 11.8 Å². The van der Waals surface area contributed by atoms with Crippen molar-refractivity contribution in [3.05, 3.63) is 22.5 Å². The zero-order chi connectivity index (χ0) is 6.27. The Balaban J connectivity index is 2.05. The molecule has 0 bridgehead atoms. The fraction of sp³-hybridized carbons (Fsp3) is 0.500. The van der Waals surface area contributed by atoms with Crippen LogP contribution in [0.3, 0.4) is 0 Å². The van der Waals surface area contributed by atoms with Gasteiger partial charge in [0.25, 0.3) is 0 Å². The van der Waals surface area contributed by atoms with Gasteiger partial charge in [0.05, 0.1) is 0 Å². The lowest BCUT2D eigenvalue weighted by molar-refractivity contribution is 0.585. The average Bonchev–Trinajstić information content (AvgIpc) is 2.64. The third-order valence-corrected chi connectivity index (χ3v) is 3.19. The molecule has 0 nitrogen and oxygen atoms in total. The van der Waals surface area contributed by atoms with E-state index in [9.17, 15) is 0 Å². The van der Waals surface area contributed by atoms with Gasteiger partial charge in [-0.15, -0.1) is 6.58 Å². The van der Waals surface area contributed by atoms with E-state index in [0.717, 1.165) is 5.92 Å². The van der Waals surface area contributed by atoms with Gasteiger partial charge in [0.15, 0.2) is 0 Å². The number of hydrogen-bond acceptors (Lipinski definition) is 1. The molecule has 48 valence electrons. The fourth-order valence-corrected chi connectivity index (χ4v) is 2.28. The van der Waals surface area contributed by atoms with E-state index in [1.807, 2.05) is 11.8 Å². The second-order valence-electron chi connectivity index (χ2n) is 2.69. The van der Waals surface area contributed by atoms with E-state index in [1.54, 1.807) is 9.81 Å². The van der Waals surface area contributed by atoms with Crippen molar-refractivity contribution in [2.75, 3.05) is 0 Å². The van der Waals surface area contributed by atoms with Crippen LogP contribution in [0.25, 0.3) is 0 Å². The highest BCUT2D eigenvalue weighted by Gasteiger charge is 2.29. The molecule has 0 saturated heterocycles. The molecule has 9 heavy (non-hydrogen) atoms. The number of rotatable bonds is 1. The van der Waals surface area contributed by atoms with Crippen molar-refractivity contribution in [1.82, 2.24) is 0 Å². The van der Waals surface area contributed by atoms with Crippen LogP contribution in [0.2, 0.25) is 0 Å². The van der Waals surface area contributed by atoms with Gasteiger partial charge >= 0.3 is 0 Å². The third-order valence-electron chi connectivity index (χ3n) is 2.04. The minimum atomic E-state index is 0.791. The van der Waals surface area contributed by atoms with Crippen LogP contribution < -0.4 is 0 Å². The first kappa shape index (κ1) is 5.60. The Labute approximate surface area is 60.0 Å². The Morgan fingerprint density at radius 2 is 2.44 bits per heavy atom. The lowest BCUT2D eigenvalue weighted by Gasteiger charge is -2.09. The first-order chi connectivity index (χ1) is 4.40. The molecule has 1 aliphatic heterocycles. The molecule has 0 aromatic rings. The Morgan fingerprint density at radius 1 is 1.56 bits per heavy atom. The van der Waals surface area contributed by atoms with Crippen molar-refractivity contribution in [1.29, 1.82) is 0 Å². The van der Waals surface area contributed by atoms with Gasteiger partial charge in [-0.25, -0.2) is 0 Å². The van der Waals surface area contributed by atoms with Crippen LogP contribution in [-0.4, -0.2) is 0 Å². The summed E-state index contributed by atoms with van der Waals surface area (Å²) in [6.45, 7) is 3.81. The summed E-state index contributed by atoms with van der Waals surface area (Å²) in [5, 5.41) is 0. The van der Waals surface area contributed by atoms with Crippen molar-refractivity contribution in [2.45, 2.75) is 19.3 Å². The third kappa shape index (κ3) is 0.940. The van der Waals surface area contributed by atoms with Gasteiger partial charge in [0.1, 0.15) is 0 Å². The van der Waals surface area contributed by atoms with Crippen LogP contribution in [0.15, 0.2) is 22.5 Å². The summed E-state index contributed by atoms with van der Waals surface area (Å²) in [6.07, 6.45) is 6.07. The van der Waals surface area contributed by atoms with Crippen molar-refractivity contribution in [3.63, 3.8) is 0 Å². The molecule has 0 fully saturated rings. The Morgan fingerprint density at radius 3 is 3.11 bits per heavy atom. The van der Waals surface area contributed by atoms with Crippen LogP contribution in [0.5, 0.6) is 0 Å². The summed E-state index contributed by atoms with van der Waals surface area (Å²) in [7, 11) is 0. The Bertz CT molecular complexity index is 179. The minimum Gasteiger partial charge on any atom is -0.103 e. The van der Waals surface area contributed by atoms with Crippen molar-refractivity contribution in [3.8, 4) is 0 Å². The molecule has 0 amide bonds. The summed E-state index contributed by atoms with van der Waals surface area (Å²) in [6, 6.07) is 0. The van der Waals surface area contributed by atoms with E-state index in [0.29, 0.717) is 0 Å². The predicted molar refractivity (Wildman–Crippen MR) is 42.2 cm³/mol. The molecule has 0 aromatic heterocycles. The molecule has 1 aliphatic carbocycles. The lowest BCUT2D eigenvalue weighted by Crippen LogP contribution is -1.96. The topological polar surface area (TPSA) is 0 Å². The van der Waals surface area contributed by atoms with E-state index >= 15 is 0 Å². The SMILES string of the molecule is C=CC1CCC2=C(C1)S2. The number of thioether (sulfide) groups is 1. The smallest absolute Gasteiger partial charge is 0.0000969 e. The Hall–Kier alpha value is -0.170. The molecule has 0 radical (unpaired) electrons. The predicted octanol–water partition coefficient (Wildman–Crippen LogP) is 2.93. The van der Waals surface area contributed by atoms with Gasteiger partial charge < -0.3 is 0 Å². The molecule has 2 rings (SSSR count). The molecular formula is C8H10S. The second kappa shape index (κ2) is 1.91. The molecule has 1 atom stereocenters. The van der Waals surface area contributed by atoms with E-state index in [4.69, 9.17) is 0 Å². The minimum absolute atomic E-state index is 0.791.